The molecule has 23 heavy (non-hydrogen) atoms. The minimum absolute atomic E-state index is 0.380. The number of hydrogen-bond acceptors (Lipinski definition) is 1. The second kappa shape index (κ2) is 18.4. The molecule has 0 unspecified atom stereocenters. The molecule has 0 bridgehead atoms. The molecule has 128 valence electrons. The topological polar surface area (TPSA) is 20.2 Å². The second-order valence-electron chi connectivity index (χ2n) is 5.41. The van der Waals surface area contributed by atoms with Crippen LogP contribution in [0.5, 0.6) is 0 Å². The molecule has 0 aliphatic carbocycles. The summed E-state index contributed by atoms with van der Waals surface area (Å²) in [4.78, 5) is 0. The third-order valence-corrected chi connectivity index (χ3v) is 3.13. The van der Waals surface area contributed by atoms with Gasteiger partial charge in [0.15, 0.2) is 0 Å². The first-order chi connectivity index (χ1) is 11.3. The standard InChI is InChI=1S/C22H34O/c1-3-5-7-8-9-10-11-12-13-14-15-16-17-19-21-22(23)20-18-6-4-2/h6-8,10-11,13-14,16-19,21-23H,3-5,9,12,15,20H2,1-2H3/b8-7-,11-10-,14-13-,17-16-,18-6-,21-19+/t22-/m0/s1. The summed E-state index contributed by atoms with van der Waals surface area (Å²) >= 11 is 0. The molecular weight excluding hydrogens is 280 g/mol. The molecule has 1 N–H and O–H groups in total. The molecule has 1 atom stereocenters. The van der Waals surface area contributed by atoms with Gasteiger partial charge in [-0.3, -0.25) is 0 Å². The molecule has 0 rings (SSSR count). The van der Waals surface area contributed by atoms with Gasteiger partial charge in [-0.05, 0) is 38.5 Å². The molecule has 1 heteroatoms. The maximum Gasteiger partial charge on any atom is 0.0758 e. The van der Waals surface area contributed by atoms with Gasteiger partial charge in [0.2, 0.25) is 0 Å². The Morgan fingerprint density at radius 1 is 0.696 bits per heavy atom. The summed E-state index contributed by atoms with van der Waals surface area (Å²) in [6.07, 6.45) is 31.9. The van der Waals surface area contributed by atoms with Crippen molar-refractivity contribution in [2.75, 3.05) is 0 Å². The summed E-state index contributed by atoms with van der Waals surface area (Å²) in [6, 6.07) is 0. The monoisotopic (exact) mass is 314 g/mol. The number of aliphatic hydroxyl groups excluding tert-OH is 1. The normalized spacial score (nSPS) is 14.7. The lowest BCUT2D eigenvalue weighted by Gasteiger charge is -1.98. The van der Waals surface area contributed by atoms with Crippen molar-refractivity contribution in [2.24, 2.45) is 0 Å². The Hall–Kier alpha value is -1.60. The van der Waals surface area contributed by atoms with Crippen LogP contribution in [0.4, 0.5) is 0 Å². The summed E-state index contributed by atoms with van der Waals surface area (Å²) in [5, 5.41) is 9.67. The molecule has 0 aromatic heterocycles. The van der Waals surface area contributed by atoms with Crippen molar-refractivity contribution in [3.63, 3.8) is 0 Å². The number of hydrogen-bond donors (Lipinski definition) is 1. The molecule has 0 saturated carbocycles. The quantitative estimate of drug-likeness (QED) is 0.306. The van der Waals surface area contributed by atoms with E-state index in [-0.39, 0.29) is 6.10 Å². The molecule has 0 fully saturated rings. The lowest BCUT2D eigenvalue weighted by Crippen LogP contribution is -1.98. The van der Waals surface area contributed by atoms with Crippen LogP contribution in [0.3, 0.4) is 0 Å². The largest absolute Gasteiger partial charge is 0.389 e. The average molecular weight is 315 g/mol. The van der Waals surface area contributed by atoms with Crippen LogP contribution in [-0.4, -0.2) is 11.2 Å². The van der Waals surface area contributed by atoms with Crippen molar-refractivity contribution in [3.8, 4) is 0 Å². The summed E-state index contributed by atoms with van der Waals surface area (Å²) in [7, 11) is 0. The van der Waals surface area contributed by atoms with E-state index >= 15 is 0 Å². The van der Waals surface area contributed by atoms with Crippen LogP contribution in [0.1, 0.15) is 58.8 Å². The van der Waals surface area contributed by atoms with Gasteiger partial charge in [-0.15, -0.1) is 0 Å². The van der Waals surface area contributed by atoms with Gasteiger partial charge in [-0.2, -0.15) is 0 Å². The Labute approximate surface area is 143 Å². The zero-order valence-corrected chi connectivity index (χ0v) is 14.9. The van der Waals surface area contributed by atoms with Gasteiger partial charge < -0.3 is 5.11 Å². The van der Waals surface area contributed by atoms with E-state index < -0.39 is 0 Å². The van der Waals surface area contributed by atoms with E-state index in [1.54, 1.807) is 0 Å². The van der Waals surface area contributed by atoms with Gasteiger partial charge in [-0.25, -0.2) is 0 Å². The number of rotatable bonds is 13. The Bertz CT molecular complexity index is 408. The van der Waals surface area contributed by atoms with Gasteiger partial charge in [0.05, 0.1) is 6.10 Å². The van der Waals surface area contributed by atoms with E-state index in [1.165, 1.54) is 12.8 Å². The Morgan fingerprint density at radius 2 is 1.30 bits per heavy atom. The van der Waals surface area contributed by atoms with Crippen molar-refractivity contribution in [1.29, 1.82) is 0 Å². The fourth-order valence-corrected chi connectivity index (χ4v) is 1.83. The van der Waals surface area contributed by atoms with Gasteiger partial charge in [-0.1, -0.05) is 93.2 Å². The van der Waals surface area contributed by atoms with Crippen LogP contribution in [0, 0.1) is 0 Å². The van der Waals surface area contributed by atoms with Gasteiger partial charge in [0.1, 0.15) is 0 Å². The van der Waals surface area contributed by atoms with Crippen LogP contribution in [0.15, 0.2) is 72.9 Å². The van der Waals surface area contributed by atoms with E-state index in [4.69, 9.17) is 0 Å². The molecule has 0 aromatic rings. The highest BCUT2D eigenvalue weighted by molar-refractivity contribution is 5.08. The number of allylic oxidation sites excluding steroid dienone is 10. The van der Waals surface area contributed by atoms with Crippen molar-refractivity contribution < 1.29 is 5.11 Å². The van der Waals surface area contributed by atoms with Gasteiger partial charge in [0, 0.05) is 0 Å². The van der Waals surface area contributed by atoms with Crippen molar-refractivity contribution in [3.05, 3.63) is 72.9 Å². The molecule has 0 radical (unpaired) electrons. The molecule has 0 heterocycles. The summed E-state index contributed by atoms with van der Waals surface area (Å²) in [5.74, 6) is 0. The zero-order chi connectivity index (χ0) is 17.0. The van der Waals surface area contributed by atoms with Crippen LogP contribution in [-0.2, 0) is 0 Å². The van der Waals surface area contributed by atoms with Crippen molar-refractivity contribution >= 4 is 0 Å². The zero-order valence-electron chi connectivity index (χ0n) is 14.9. The average Bonchev–Trinajstić information content (AvgIpc) is 2.55. The first-order valence-electron chi connectivity index (χ1n) is 8.92. The van der Waals surface area contributed by atoms with Gasteiger partial charge >= 0.3 is 0 Å². The minimum atomic E-state index is -0.380. The van der Waals surface area contributed by atoms with E-state index in [1.807, 2.05) is 24.3 Å². The maximum absolute atomic E-state index is 9.67. The first-order valence-corrected chi connectivity index (χ1v) is 8.92. The summed E-state index contributed by atoms with van der Waals surface area (Å²) in [5.41, 5.74) is 0. The highest BCUT2D eigenvalue weighted by atomic mass is 16.3. The van der Waals surface area contributed by atoms with Crippen LogP contribution in [0.2, 0.25) is 0 Å². The fourth-order valence-electron chi connectivity index (χ4n) is 1.83. The molecule has 0 aliphatic heterocycles. The predicted octanol–water partition coefficient (Wildman–Crippen LogP) is 6.46. The molecule has 0 aromatic carbocycles. The fraction of sp³-hybridized carbons (Fsp3) is 0.455. The summed E-state index contributed by atoms with van der Waals surface area (Å²) < 4.78 is 0. The Balaban J connectivity index is 3.65. The Morgan fingerprint density at radius 3 is 1.91 bits per heavy atom. The lowest BCUT2D eigenvalue weighted by atomic mass is 10.2. The van der Waals surface area contributed by atoms with Crippen LogP contribution >= 0.6 is 0 Å². The maximum atomic E-state index is 9.67. The van der Waals surface area contributed by atoms with Crippen molar-refractivity contribution in [2.45, 2.75) is 64.9 Å². The van der Waals surface area contributed by atoms with Crippen LogP contribution in [0.25, 0.3) is 0 Å². The third kappa shape index (κ3) is 18.4. The number of aliphatic hydroxyl groups is 1. The Kier molecular flexibility index (Phi) is 17.2. The minimum Gasteiger partial charge on any atom is -0.389 e. The predicted molar refractivity (Wildman–Crippen MR) is 105 cm³/mol. The van der Waals surface area contributed by atoms with E-state index in [0.717, 1.165) is 25.7 Å². The van der Waals surface area contributed by atoms with Gasteiger partial charge in [0.25, 0.3) is 0 Å². The molecule has 0 spiro atoms. The lowest BCUT2D eigenvalue weighted by molar-refractivity contribution is 0.227. The summed E-state index contributed by atoms with van der Waals surface area (Å²) in [6.45, 7) is 4.29. The second-order valence-corrected chi connectivity index (χ2v) is 5.41. The van der Waals surface area contributed by atoms with E-state index in [9.17, 15) is 5.11 Å². The smallest absolute Gasteiger partial charge is 0.0758 e. The number of unbranched alkanes of at least 4 members (excludes halogenated alkanes) is 1. The molecule has 0 aliphatic rings. The highest BCUT2D eigenvalue weighted by Gasteiger charge is 1.92. The highest BCUT2D eigenvalue weighted by Crippen LogP contribution is 1.98. The molecular formula is C22H34O. The van der Waals surface area contributed by atoms with Crippen LogP contribution < -0.4 is 0 Å². The van der Waals surface area contributed by atoms with Crippen molar-refractivity contribution in [1.82, 2.24) is 0 Å². The van der Waals surface area contributed by atoms with E-state index in [0.29, 0.717) is 6.42 Å². The SMILES string of the molecule is CC/C=C\C[C@H](O)/C=C/C=C\C/C=C\C/C=C\C/C=C\CCC. The van der Waals surface area contributed by atoms with E-state index in [2.05, 4.69) is 62.5 Å². The third-order valence-electron chi connectivity index (χ3n) is 3.13. The molecule has 1 nitrogen and oxygen atoms in total. The molecule has 0 saturated heterocycles. The first kappa shape index (κ1) is 21.4. The molecule has 0 amide bonds.